The minimum atomic E-state index is -0.772. The second-order valence-corrected chi connectivity index (χ2v) is 9.08. The standard InChI is InChI=1S/C22H30O5/c1-11-6-7-17(26-14(4)23)22(5)21-20-18(13(3)10-25-22)15(24)9-12(2)19(20)16(8-11)27-21/h6,9,13,16-21H,7-8,10H2,1-5H3/b11-6-/t13-,16-,17+,18-,19-,20-,21-,22-/m0/s1. The number of allylic oxidation sites excluding steroid dienone is 1. The fraction of sp³-hybridized carbons (Fsp3) is 0.727. The first-order chi connectivity index (χ1) is 12.7. The smallest absolute Gasteiger partial charge is 0.303 e. The molecule has 4 aliphatic rings. The molecule has 4 rings (SSSR count). The molecule has 0 saturated carbocycles. The van der Waals surface area contributed by atoms with Gasteiger partial charge in [-0.2, -0.15) is 0 Å². The van der Waals surface area contributed by atoms with Gasteiger partial charge in [-0.15, -0.1) is 0 Å². The molecular formula is C22H30O5. The predicted octanol–water partition coefficient (Wildman–Crippen LogP) is 3.23. The first-order valence-corrected chi connectivity index (χ1v) is 10.1. The van der Waals surface area contributed by atoms with Gasteiger partial charge in [0.2, 0.25) is 0 Å². The molecule has 0 N–H and O–H groups in total. The Hall–Kier alpha value is -1.46. The van der Waals surface area contributed by atoms with Crippen molar-refractivity contribution in [3.05, 3.63) is 23.3 Å². The van der Waals surface area contributed by atoms with Crippen molar-refractivity contribution < 1.29 is 23.8 Å². The molecule has 2 bridgehead atoms. The lowest BCUT2D eigenvalue weighted by Gasteiger charge is -2.42. The zero-order valence-corrected chi connectivity index (χ0v) is 16.9. The largest absolute Gasteiger partial charge is 0.459 e. The van der Waals surface area contributed by atoms with Crippen LogP contribution in [0.5, 0.6) is 0 Å². The maximum atomic E-state index is 12.9. The van der Waals surface area contributed by atoms with Crippen LogP contribution < -0.4 is 0 Å². The van der Waals surface area contributed by atoms with Crippen molar-refractivity contribution in [2.75, 3.05) is 6.61 Å². The summed E-state index contributed by atoms with van der Waals surface area (Å²) < 4.78 is 18.8. The van der Waals surface area contributed by atoms with Crippen LogP contribution in [0.2, 0.25) is 0 Å². The number of carbonyl (C=O) groups is 2. The summed E-state index contributed by atoms with van der Waals surface area (Å²) in [5.41, 5.74) is 1.57. The van der Waals surface area contributed by atoms with Crippen LogP contribution >= 0.6 is 0 Å². The van der Waals surface area contributed by atoms with E-state index >= 15 is 0 Å². The molecule has 8 atom stereocenters. The molecule has 2 saturated heterocycles. The lowest BCUT2D eigenvalue weighted by atomic mass is 9.62. The molecule has 0 radical (unpaired) electrons. The van der Waals surface area contributed by atoms with E-state index in [1.807, 2.05) is 13.0 Å². The molecule has 0 amide bonds. The van der Waals surface area contributed by atoms with Crippen molar-refractivity contribution >= 4 is 11.8 Å². The van der Waals surface area contributed by atoms with Crippen LogP contribution in [0.15, 0.2) is 23.3 Å². The molecule has 5 heteroatoms. The van der Waals surface area contributed by atoms with E-state index in [4.69, 9.17) is 14.2 Å². The van der Waals surface area contributed by atoms with Crippen LogP contribution in [0, 0.1) is 23.7 Å². The quantitative estimate of drug-likeness (QED) is 0.521. The van der Waals surface area contributed by atoms with Crippen molar-refractivity contribution in [2.24, 2.45) is 23.7 Å². The Kier molecular flexibility index (Phi) is 4.59. The van der Waals surface area contributed by atoms with E-state index in [2.05, 4.69) is 26.8 Å². The monoisotopic (exact) mass is 374 g/mol. The first-order valence-electron chi connectivity index (χ1n) is 10.1. The van der Waals surface area contributed by atoms with Gasteiger partial charge < -0.3 is 14.2 Å². The molecule has 0 aromatic heterocycles. The third-order valence-corrected chi connectivity index (χ3v) is 7.11. The third kappa shape index (κ3) is 2.90. The maximum Gasteiger partial charge on any atom is 0.303 e. The van der Waals surface area contributed by atoms with Crippen molar-refractivity contribution in [1.29, 1.82) is 0 Å². The molecule has 0 unspecified atom stereocenters. The molecular weight excluding hydrogens is 344 g/mol. The Bertz CT molecular complexity index is 722. The molecule has 0 aromatic carbocycles. The van der Waals surface area contributed by atoms with Crippen molar-refractivity contribution in [2.45, 2.75) is 71.4 Å². The van der Waals surface area contributed by atoms with Crippen molar-refractivity contribution in [3.8, 4) is 0 Å². The summed E-state index contributed by atoms with van der Waals surface area (Å²) in [4.78, 5) is 24.8. The number of ether oxygens (including phenoxy) is 3. The Balaban J connectivity index is 1.87. The van der Waals surface area contributed by atoms with Gasteiger partial charge in [0.15, 0.2) is 5.78 Å². The van der Waals surface area contributed by atoms with Gasteiger partial charge in [-0.25, -0.2) is 0 Å². The average Bonchev–Trinajstić information content (AvgIpc) is 2.92. The molecule has 27 heavy (non-hydrogen) atoms. The molecule has 3 aliphatic heterocycles. The molecule has 1 aliphatic carbocycles. The lowest BCUT2D eigenvalue weighted by Crippen LogP contribution is -2.56. The average molecular weight is 374 g/mol. The number of hydrogen-bond donors (Lipinski definition) is 0. The number of hydrogen-bond acceptors (Lipinski definition) is 5. The maximum absolute atomic E-state index is 12.9. The topological polar surface area (TPSA) is 61.8 Å². The Morgan fingerprint density at radius 2 is 2.04 bits per heavy atom. The van der Waals surface area contributed by atoms with Crippen LogP contribution in [0.3, 0.4) is 0 Å². The summed E-state index contributed by atoms with van der Waals surface area (Å²) in [5.74, 6) is 0.160. The number of carbonyl (C=O) groups excluding carboxylic acids is 2. The van der Waals surface area contributed by atoms with Crippen LogP contribution in [-0.2, 0) is 23.8 Å². The summed E-state index contributed by atoms with van der Waals surface area (Å²) in [6.45, 7) is 10.2. The number of esters is 1. The summed E-state index contributed by atoms with van der Waals surface area (Å²) in [7, 11) is 0. The van der Waals surface area contributed by atoms with Crippen LogP contribution in [0.1, 0.15) is 47.5 Å². The second-order valence-electron chi connectivity index (χ2n) is 9.08. The minimum Gasteiger partial charge on any atom is -0.459 e. The van der Waals surface area contributed by atoms with E-state index in [-0.39, 0.29) is 47.6 Å². The lowest BCUT2D eigenvalue weighted by molar-refractivity contribution is -0.200. The highest BCUT2D eigenvalue weighted by Gasteiger charge is 2.63. The van der Waals surface area contributed by atoms with E-state index < -0.39 is 11.7 Å². The fourth-order valence-electron chi connectivity index (χ4n) is 5.85. The van der Waals surface area contributed by atoms with Gasteiger partial charge in [-0.3, -0.25) is 9.59 Å². The van der Waals surface area contributed by atoms with Gasteiger partial charge in [-0.1, -0.05) is 24.1 Å². The molecule has 5 nitrogen and oxygen atoms in total. The van der Waals surface area contributed by atoms with Crippen LogP contribution in [0.4, 0.5) is 0 Å². The van der Waals surface area contributed by atoms with Gasteiger partial charge in [0.1, 0.15) is 11.7 Å². The van der Waals surface area contributed by atoms with E-state index in [0.717, 1.165) is 12.0 Å². The van der Waals surface area contributed by atoms with E-state index in [1.54, 1.807) is 0 Å². The van der Waals surface area contributed by atoms with Gasteiger partial charge in [0.25, 0.3) is 0 Å². The zero-order chi connectivity index (χ0) is 19.5. The summed E-state index contributed by atoms with van der Waals surface area (Å²) in [6, 6.07) is 0. The van der Waals surface area contributed by atoms with Crippen LogP contribution in [-0.4, -0.2) is 42.3 Å². The minimum absolute atomic E-state index is 0.0346. The van der Waals surface area contributed by atoms with E-state index in [9.17, 15) is 9.59 Å². The van der Waals surface area contributed by atoms with Crippen molar-refractivity contribution in [1.82, 2.24) is 0 Å². The van der Waals surface area contributed by atoms with Gasteiger partial charge >= 0.3 is 5.97 Å². The predicted molar refractivity (Wildman–Crippen MR) is 100.0 cm³/mol. The highest BCUT2D eigenvalue weighted by Crippen LogP contribution is 2.55. The number of ketones is 1. The molecule has 3 heterocycles. The molecule has 2 fully saturated rings. The van der Waals surface area contributed by atoms with Crippen LogP contribution in [0.25, 0.3) is 0 Å². The van der Waals surface area contributed by atoms with Gasteiger partial charge in [-0.05, 0) is 39.2 Å². The normalized spacial score (nSPS) is 48.3. The molecule has 148 valence electrons. The fourth-order valence-corrected chi connectivity index (χ4v) is 5.85. The zero-order valence-electron chi connectivity index (χ0n) is 16.9. The molecule has 0 aromatic rings. The Morgan fingerprint density at radius 1 is 1.30 bits per heavy atom. The second kappa shape index (κ2) is 6.56. The van der Waals surface area contributed by atoms with Gasteiger partial charge in [0, 0.05) is 31.1 Å². The van der Waals surface area contributed by atoms with E-state index in [0.29, 0.717) is 13.0 Å². The van der Waals surface area contributed by atoms with Gasteiger partial charge in [0.05, 0.1) is 18.8 Å². The first kappa shape index (κ1) is 18.9. The number of rotatable bonds is 1. The highest BCUT2D eigenvalue weighted by atomic mass is 16.6. The van der Waals surface area contributed by atoms with Crippen molar-refractivity contribution in [3.63, 3.8) is 0 Å². The van der Waals surface area contributed by atoms with E-state index in [1.165, 1.54) is 12.5 Å². The Labute approximate surface area is 161 Å². The third-order valence-electron chi connectivity index (χ3n) is 7.11. The summed E-state index contributed by atoms with van der Waals surface area (Å²) in [5, 5.41) is 0. The molecule has 0 spiro atoms. The summed E-state index contributed by atoms with van der Waals surface area (Å²) >= 11 is 0. The highest BCUT2D eigenvalue weighted by molar-refractivity contribution is 5.94. The summed E-state index contributed by atoms with van der Waals surface area (Å²) in [6.07, 6.45) is 4.76. The number of fused-ring (bicyclic) bond motifs is 2. The Morgan fingerprint density at radius 3 is 2.74 bits per heavy atom. The SMILES string of the molecule is CC(=O)O[C@@H]1C/C=C(/C)C[C@@H]2O[C@H]3[C@@H]4[C@H]2C(C)=CC(=O)[C@@H]4[C@@H](C)CO[C@@]13C.